The van der Waals surface area contributed by atoms with Crippen molar-refractivity contribution in [3.8, 4) is 0 Å². The highest BCUT2D eigenvalue weighted by molar-refractivity contribution is 14.1. The van der Waals surface area contributed by atoms with E-state index in [-0.39, 0.29) is 0 Å². The number of hydrogen-bond donors (Lipinski definition) is 2. The first kappa shape index (κ1) is 14.7. The van der Waals surface area contributed by atoms with Crippen molar-refractivity contribution in [3.05, 3.63) is 69.3 Å². The number of benzene rings is 2. The quantitative estimate of drug-likeness (QED) is 0.487. The summed E-state index contributed by atoms with van der Waals surface area (Å²) in [5, 5.41) is 13.7. The van der Waals surface area contributed by atoms with Crippen molar-refractivity contribution >= 4 is 34.7 Å². The Hall–Kier alpha value is -1.73. The highest BCUT2D eigenvalue weighted by Crippen LogP contribution is 2.12. The van der Waals surface area contributed by atoms with Gasteiger partial charge in [0, 0.05) is 9.13 Å². The Morgan fingerprint density at radius 3 is 2.50 bits per heavy atom. The lowest BCUT2D eigenvalue weighted by molar-refractivity contribution is -0.129. The second-order valence-electron chi connectivity index (χ2n) is 4.07. The number of nitrogens with zero attached hydrogens (tertiary/aromatic N) is 1. The largest absolute Gasteiger partial charge is 0.378 e. The summed E-state index contributed by atoms with van der Waals surface area (Å²) in [4.78, 5) is 11.7. The fourth-order valence-electron chi connectivity index (χ4n) is 1.59. The lowest BCUT2D eigenvalue weighted by Crippen LogP contribution is -2.25. The molecule has 0 radical (unpaired) electrons. The number of hydrogen-bond acceptors (Lipinski definition) is 3. The summed E-state index contributed by atoms with van der Waals surface area (Å²) >= 11 is 2.19. The first-order valence-corrected chi connectivity index (χ1v) is 7.07. The third-order valence-corrected chi connectivity index (χ3v) is 3.63. The van der Waals surface area contributed by atoms with Crippen LogP contribution in [-0.2, 0) is 4.79 Å². The van der Waals surface area contributed by atoms with Crippen LogP contribution in [-0.4, -0.2) is 17.2 Å². The molecule has 2 aromatic rings. The van der Waals surface area contributed by atoms with E-state index in [1.807, 2.05) is 30.3 Å². The first-order chi connectivity index (χ1) is 9.68. The molecule has 0 saturated heterocycles. The molecule has 0 saturated carbocycles. The second-order valence-corrected chi connectivity index (χ2v) is 5.23. The van der Waals surface area contributed by atoms with Crippen LogP contribution in [0.25, 0.3) is 0 Å². The zero-order valence-corrected chi connectivity index (χ0v) is 12.7. The van der Waals surface area contributed by atoms with E-state index < -0.39 is 12.0 Å². The zero-order chi connectivity index (χ0) is 14.4. The van der Waals surface area contributed by atoms with Gasteiger partial charge >= 0.3 is 0 Å². The molecule has 2 N–H and O–H groups in total. The summed E-state index contributed by atoms with van der Waals surface area (Å²) in [5.41, 5.74) is 3.78. The summed E-state index contributed by atoms with van der Waals surface area (Å²) in [6.45, 7) is 0. The topological polar surface area (TPSA) is 61.7 Å². The molecule has 2 rings (SSSR count). The predicted molar refractivity (Wildman–Crippen MR) is 86.3 cm³/mol. The molecule has 0 heterocycles. The highest BCUT2D eigenvalue weighted by atomic mass is 127. The summed E-state index contributed by atoms with van der Waals surface area (Å²) in [7, 11) is 0. The Labute approximate surface area is 130 Å². The van der Waals surface area contributed by atoms with Crippen molar-refractivity contribution in [2.45, 2.75) is 6.10 Å². The third-order valence-electron chi connectivity index (χ3n) is 2.65. The SMILES string of the molecule is O=C(N/N=C\c1ccccc1I)[C@@H](O)c1ccccc1. The van der Waals surface area contributed by atoms with Gasteiger partial charge in [0.15, 0.2) is 6.10 Å². The van der Waals surface area contributed by atoms with Gasteiger partial charge in [-0.1, -0.05) is 48.5 Å². The number of aliphatic hydroxyl groups is 1. The summed E-state index contributed by atoms with van der Waals surface area (Å²) in [6.07, 6.45) is 0.334. The van der Waals surface area contributed by atoms with Crippen LogP contribution in [0, 0.1) is 3.57 Å². The standard InChI is InChI=1S/C15H13IN2O2/c16-13-9-5-4-8-12(13)10-17-18-15(20)14(19)11-6-2-1-3-7-11/h1-10,14,19H,(H,18,20)/b17-10-/t14-/m0/s1. The van der Waals surface area contributed by atoms with Crippen LogP contribution in [0.5, 0.6) is 0 Å². The molecule has 0 spiro atoms. The van der Waals surface area contributed by atoms with Crippen molar-refractivity contribution in [2.24, 2.45) is 5.10 Å². The molecule has 0 aliphatic rings. The van der Waals surface area contributed by atoms with Gasteiger partial charge in [0.2, 0.25) is 0 Å². The van der Waals surface area contributed by atoms with E-state index in [2.05, 4.69) is 33.1 Å². The maximum atomic E-state index is 11.7. The maximum Gasteiger partial charge on any atom is 0.273 e. The number of hydrazone groups is 1. The fraction of sp³-hybridized carbons (Fsp3) is 0.0667. The van der Waals surface area contributed by atoms with E-state index in [0.29, 0.717) is 5.56 Å². The molecule has 102 valence electrons. The number of halogens is 1. The average Bonchev–Trinajstić information content (AvgIpc) is 2.49. The van der Waals surface area contributed by atoms with E-state index in [4.69, 9.17) is 0 Å². The van der Waals surface area contributed by atoms with Crippen LogP contribution < -0.4 is 5.43 Å². The summed E-state index contributed by atoms with van der Waals surface area (Å²) in [5.74, 6) is -0.557. The van der Waals surface area contributed by atoms with Crippen LogP contribution in [0.4, 0.5) is 0 Å². The number of nitrogens with one attached hydrogen (secondary N) is 1. The van der Waals surface area contributed by atoms with Crippen LogP contribution >= 0.6 is 22.6 Å². The average molecular weight is 380 g/mol. The molecule has 0 aromatic heterocycles. The van der Waals surface area contributed by atoms with Crippen molar-refractivity contribution in [3.63, 3.8) is 0 Å². The van der Waals surface area contributed by atoms with E-state index in [0.717, 1.165) is 9.13 Å². The summed E-state index contributed by atoms with van der Waals surface area (Å²) < 4.78 is 1.03. The molecule has 0 unspecified atom stereocenters. The van der Waals surface area contributed by atoms with Crippen molar-refractivity contribution in [1.29, 1.82) is 0 Å². The molecular formula is C15H13IN2O2. The molecule has 1 atom stereocenters. The fourth-order valence-corrected chi connectivity index (χ4v) is 2.12. The smallest absolute Gasteiger partial charge is 0.273 e. The third kappa shape index (κ3) is 3.88. The van der Waals surface area contributed by atoms with Crippen LogP contribution in [0.1, 0.15) is 17.2 Å². The van der Waals surface area contributed by atoms with Gasteiger partial charge in [-0.3, -0.25) is 4.79 Å². The molecule has 4 nitrogen and oxygen atoms in total. The first-order valence-electron chi connectivity index (χ1n) is 5.99. The van der Waals surface area contributed by atoms with Gasteiger partial charge in [-0.15, -0.1) is 0 Å². The molecule has 2 aromatic carbocycles. The monoisotopic (exact) mass is 380 g/mol. The van der Waals surface area contributed by atoms with E-state index >= 15 is 0 Å². The minimum absolute atomic E-state index is 0.537. The van der Waals surface area contributed by atoms with Crippen LogP contribution in [0.15, 0.2) is 59.7 Å². The van der Waals surface area contributed by atoms with Crippen molar-refractivity contribution in [2.75, 3.05) is 0 Å². The lowest BCUT2D eigenvalue weighted by atomic mass is 10.1. The van der Waals surface area contributed by atoms with Gasteiger partial charge < -0.3 is 5.11 Å². The Balaban J connectivity index is 1.97. The Morgan fingerprint density at radius 2 is 1.80 bits per heavy atom. The molecule has 0 aliphatic carbocycles. The minimum Gasteiger partial charge on any atom is -0.378 e. The number of amides is 1. The molecule has 1 amide bonds. The lowest BCUT2D eigenvalue weighted by Gasteiger charge is -2.08. The second kappa shape index (κ2) is 7.16. The number of carbonyl (C=O) groups is 1. The minimum atomic E-state index is -1.22. The van der Waals surface area contributed by atoms with Crippen molar-refractivity contribution in [1.82, 2.24) is 5.43 Å². The van der Waals surface area contributed by atoms with Gasteiger partial charge in [-0.25, -0.2) is 5.43 Å². The molecular weight excluding hydrogens is 367 g/mol. The van der Waals surface area contributed by atoms with E-state index in [9.17, 15) is 9.90 Å². The molecule has 5 heteroatoms. The van der Waals surface area contributed by atoms with Crippen LogP contribution in [0.2, 0.25) is 0 Å². The summed E-state index contributed by atoms with van der Waals surface area (Å²) in [6, 6.07) is 16.4. The zero-order valence-electron chi connectivity index (χ0n) is 10.5. The Kier molecular flexibility index (Phi) is 5.25. The maximum absolute atomic E-state index is 11.7. The van der Waals surface area contributed by atoms with Crippen LogP contribution in [0.3, 0.4) is 0 Å². The van der Waals surface area contributed by atoms with Gasteiger partial charge in [0.1, 0.15) is 0 Å². The van der Waals surface area contributed by atoms with Gasteiger partial charge in [0.05, 0.1) is 6.21 Å². The number of carbonyl (C=O) groups excluding carboxylic acids is 1. The van der Waals surface area contributed by atoms with Crippen molar-refractivity contribution < 1.29 is 9.90 Å². The predicted octanol–water partition coefficient (Wildman–Crippen LogP) is 2.47. The molecule has 0 aliphatic heterocycles. The highest BCUT2D eigenvalue weighted by Gasteiger charge is 2.15. The van der Waals surface area contributed by atoms with E-state index in [1.54, 1.807) is 30.5 Å². The molecule has 20 heavy (non-hydrogen) atoms. The van der Waals surface area contributed by atoms with Gasteiger partial charge in [-0.2, -0.15) is 5.10 Å². The number of aliphatic hydroxyl groups excluding tert-OH is 1. The van der Waals surface area contributed by atoms with Gasteiger partial charge in [-0.05, 0) is 34.2 Å². The number of rotatable bonds is 4. The molecule has 0 bridgehead atoms. The Morgan fingerprint density at radius 1 is 1.15 bits per heavy atom. The Bertz CT molecular complexity index is 614. The normalized spacial score (nSPS) is 12.3. The van der Waals surface area contributed by atoms with E-state index in [1.165, 1.54) is 0 Å². The van der Waals surface area contributed by atoms with Gasteiger partial charge in [0.25, 0.3) is 5.91 Å². The molecule has 0 fully saturated rings.